The minimum absolute atomic E-state index is 0.292. The van der Waals surface area contributed by atoms with E-state index in [9.17, 15) is 4.79 Å². The number of aromatic amines is 1. The van der Waals surface area contributed by atoms with Gasteiger partial charge < -0.3 is 15.6 Å². The topological polar surface area (TPSA) is 94.2 Å². The highest BCUT2D eigenvalue weighted by Crippen LogP contribution is 2.26. The summed E-state index contributed by atoms with van der Waals surface area (Å²) >= 11 is 11.7. The molecule has 200 valence electrons. The lowest BCUT2D eigenvalue weighted by Crippen LogP contribution is -2.38. The number of benzene rings is 3. The number of amides is 1. The van der Waals surface area contributed by atoms with Gasteiger partial charge in [-0.05, 0) is 53.7 Å². The molecule has 1 heterocycles. The number of para-hydroxylation sites is 1. The highest BCUT2D eigenvalue weighted by molar-refractivity contribution is 6.30. The van der Waals surface area contributed by atoms with E-state index in [-0.39, 0.29) is 5.91 Å². The summed E-state index contributed by atoms with van der Waals surface area (Å²) in [5.74, 6) is 0.995. The number of carbonyl (C=O) groups excluding carboxylic acids is 1. The second-order valence-electron chi connectivity index (χ2n) is 7.74. The third-order valence-electron chi connectivity index (χ3n) is 5.43. The summed E-state index contributed by atoms with van der Waals surface area (Å²) in [6, 6.07) is 21.3. The van der Waals surface area contributed by atoms with Gasteiger partial charge in [0.15, 0.2) is 0 Å². The molecule has 0 saturated carbocycles. The molecule has 4 aromatic rings. The number of aromatic nitrogens is 2. The molecule has 1 amide bonds. The van der Waals surface area contributed by atoms with Crippen LogP contribution in [0.4, 0.5) is 5.95 Å². The standard InChI is InChI=1S/C14H12Cl2.C13H16N6O.C2H6/c1-10(11-2-6-13(15)7-3-11)12-4-8-14(16)9-5-12;1-4-16-12(14-2)19-11(20)8-6-5-7-9-10(8)18-13(15-3)17-9;1-2/h2-10H,1H3;4-7H,1H2,2-3H3,(H2,15,17,18)(H2,14,16,19,20);1-2H3. The normalized spacial score (nSPS) is 10.6. The zero-order chi connectivity index (χ0) is 28.1. The van der Waals surface area contributed by atoms with Crippen LogP contribution in [-0.4, -0.2) is 35.9 Å². The Morgan fingerprint density at radius 2 is 1.55 bits per heavy atom. The average Bonchev–Trinajstić information content (AvgIpc) is 3.38. The number of hydrogen-bond acceptors (Lipinski definition) is 4. The average molecular weight is 554 g/mol. The number of H-pyrrole nitrogens is 1. The number of carbonyl (C=O) groups is 1. The zero-order valence-electron chi connectivity index (χ0n) is 22.3. The first-order valence-electron chi connectivity index (χ1n) is 12.2. The van der Waals surface area contributed by atoms with Gasteiger partial charge in [-0.25, -0.2) is 4.98 Å². The lowest BCUT2D eigenvalue weighted by atomic mass is 9.93. The van der Waals surface area contributed by atoms with Crippen LogP contribution in [0.2, 0.25) is 10.0 Å². The number of halogens is 2. The fraction of sp³-hybridized carbons (Fsp3) is 0.207. The van der Waals surface area contributed by atoms with Gasteiger partial charge in [-0.2, -0.15) is 0 Å². The third-order valence-corrected chi connectivity index (χ3v) is 5.93. The summed E-state index contributed by atoms with van der Waals surface area (Å²) in [4.78, 5) is 23.6. The van der Waals surface area contributed by atoms with Crippen molar-refractivity contribution < 1.29 is 4.79 Å². The molecule has 4 N–H and O–H groups in total. The van der Waals surface area contributed by atoms with Gasteiger partial charge in [-0.3, -0.25) is 15.1 Å². The van der Waals surface area contributed by atoms with E-state index in [1.165, 1.54) is 17.3 Å². The van der Waals surface area contributed by atoms with E-state index in [0.29, 0.717) is 28.9 Å². The molecule has 0 aliphatic rings. The van der Waals surface area contributed by atoms with E-state index >= 15 is 0 Å². The molecule has 1 aromatic heterocycles. The first-order chi connectivity index (χ1) is 18.4. The first-order valence-corrected chi connectivity index (χ1v) is 12.9. The van der Waals surface area contributed by atoms with Crippen molar-refractivity contribution in [3.05, 3.63) is 106 Å². The van der Waals surface area contributed by atoms with Gasteiger partial charge >= 0.3 is 0 Å². The second kappa shape index (κ2) is 15.4. The number of hydrogen-bond donors (Lipinski definition) is 4. The molecule has 0 unspecified atom stereocenters. The molecule has 9 heteroatoms. The van der Waals surface area contributed by atoms with Gasteiger partial charge in [0.25, 0.3) is 5.91 Å². The van der Waals surface area contributed by atoms with E-state index in [0.717, 1.165) is 15.6 Å². The number of aliphatic imine (C=N–C) groups is 1. The Bertz CT molecular complexity index is 1300. The van der Waals surface area contributed by atoms with Crippen molar-refractivity contribution in [1.82, 2.24) is 20.6 Å². The maximum Gasteiger partial charge on any atom is 0.260 e. The van der Waals surface area contributed by atoms with Crippen molar-refractivity contribution >= 4 is 52.1 Å². The fourth-order valence-corrected chi connectivity index (χ4v) is 3.71. The van der Waals surface area contributed by atoms with Crippen molar-refractivity contribution in [1.29, 1.82) is 0 Å². The van der Waals surface area contributed by atoms with Crippen LogP contribution in [0.1, 0.15) is 48.2 Å². The molecule has 0 aliphatic heterocycles. The Kier molecular flexibility index (Phi) is 12.4. The van der Waals surface area contributed by atoms with Crippen LogP contribution in [0.5, 0.6) is 0 Å². The van der Waals surface area contributed by atoms with Crippen molar-refractivity contribution in [2.45, 2.75) is 26.7 Å². The van der Waals surface area contributed by atoms with Gasteiger partial charge in [-0.1, -0.05) is 80.9 Å². The van der Waals surface area contributed by atoms with E-state index in [4.69, 9.17) is 23.2 Å². The van der Waals surface area contributed by atoms with Gasteiger partial charge in [0.1, 0.15) is 5.52 Å². The molecule has 7 nitrogen and oxygen atoms in total. The van der Waals surface area contributed by atoms with Crippen LogP contribution in [-0.2, 0) is 0 Å². The van der Waals surface area contributed by atoms with Gasteiger partial charge in [0.05, 0.1) is 11.1 Å². The van der Waals surface area contributed by atoms with E-state index in [2.05, 4.69) is 68.7 Å². The summed E-state index contributed by atoms with van der Waals surface area (Å²) in [6.07, 6.45) is 1.44. The van der Waals surface area contributed by atoms with Crippen molar-refractivity contribution in [2.75, 3.05) is 19.4 Å². The molecule has 3 aromatic carbocycles. The van der Waals surface area contributed by atoms with Crippen LogP contribution in [0.15, 0.2) is 84.5 Å². The van der Waals surface area contributed by atoms with Crippen LogP contribution >= 0.6 is 23.2 Å². The molecule has 38 heavy (non-hydrogen) atoms. The van der Waals surface area contributed by atoms with E-state index < -0.39 is 0 Å². The van der Waals surface area contributed by atoms with Crippen LogP contribution in [0.25, 0.3) is 11.0 Å². The Morgan fingerprint density at radius 3 is 2.03 bits per heavy atom. The van der Waals surface area contributed by atoms with Crippen molar-refractivity contribution in [3.8, 4) is 0 Å². The molecule has 0 radical (unpaired) electrons. The zero-order valence-corrected chi connectivity index (χ0v) is 23.8. The summed E-state index contributed by atoms with van der Waals surface area (Å²) in [5.41, 5.74) is 4.36. The lowest BCUT2D eigenvalue weighted by molar-refractivity contribution is 0.0977. The van der Waals surface area contributed by atoms with Gasteiger partial charge in [0, 0.05) is 30.1 Å². The quantitative estimate of drug-likeness (QED) is 0.155. The number of guanidine groups is 1. The predicted molar refractivity (Wildman–Crippen MR) is 162 cm³/mol. The van der Waals surface area contributed by atoms with Crippen LogP contribution in [0, 0.1) is 0 Å². The molecule has 0 saturated heterocycles. The first kappa shape index (κ1) is 30.4. The molecule has 4 rings (SSSR count). The summed E-state index contributed by atoms with van der Waals surface area (Å²) < 4.78 is 0. The number of fused-ring (bicyclic) bond motifs is 1. The molecule has 0 bridgehead atoms. The van der Waals surface area contributed by atoms with Crippen LogP contribution < -0.4 is 16.0 Å². The highest BCUT2D eigenvalue weighted by Gasteiger charge is 2.14. The highest BCUT2D eigenvalue weighted by atomic mass is 35.5. The van der Waals surface area contributed by atoms with Crippen molar-refractivity contribution in [2.24, 2.45) is 4.99 Å². The Labute approximate surface area is 234 Å². The molecular weight excluding hydrogens is 519 g/mol. The smallest absolute Gasteiger partial charge is 0.260 e. The number of rotatable bonds is 5. The SMILES string of the molecule is C=CNC(=NC)NC(=O)c1cccc2[nH]c(NC)nc12.CC.CC(c1ccc(Cl)cc1)c1ccc(Cl)cc1. The largest absolute Gasteiger partial charge is 0.359 e. The van der Waals surface area contributed by atoms with E-state index in [1.807, 2.05) is 44.2 Å². The Balaban J connectivity index is 0.000000256. The van der Waals surface area contributed by atoms with Gasteiger partial charge in [-0.15, -0.1) is 0 Å². The van der Waals surface area contributed by atoms with Crippen LogP contribution in [0.3, 0.4) is 0 Å². The Hall–Kier alpha value is -3.81. The fourth-order valence-electron chi connectivity index (χ4n) is 3.46. The van der Waals surface area contributed by atoms with Gasteiger partial charge in [0.2, 0.25) is 11.9 Å². The van der Waals surface area contributed by atoms with Crippen molar-refractivity contribution in [3.63, 3.8) is 0 Å². The molecule has 0 spiro atoms. The number of nitrogens with zero attached hydrogens (tertiary/aromatic N) is 2. The number of nitrogens with one attached hydrogen (secondary N) is 4. The Morgan fingerprint density at radius 1 is 1.00 bits per heavy atom. The molecule has 0 fully saturated rings. The maximum atomic E-state index is 12.3. The molecule has 0 aliphatic carbocycles. The maximum absolute atomic E-state index is 12.3. The number of anilines is 1. The third kappa shape index (κ3) is 8.36. The minimum Gasteiger partial charge on any atom is -0.359 e. The molecule has 0 atom stereocenters. The molecular formula is C29H34Cl2N6O. The van der Waals surface area contributed by atoms with E-state index in [1.54, 1.807) is 26.2 Å². The summed E-state index contributed by atoms with van der Waals surface area (Å²) in [7, 11) is 3.33. The number of imidazole rings is 1. The summed E-state index contributed by atoms with van der Waals surface area (Å²) in [5, 5.41) is 9.84. The monoisotopic (exact) mass is 552 g/mol. The summed E-state index contributed by atoms with van der Waals surface area (Å²) in [6.45, 7) is 9.70. The second-order valence-corrected chi connectivity index (χ2v) is 8.61. The minimum atomic E-state index is -0.292. The lowest BCUT2D eigenvalue weighted by Gasteiger charge is -2.12. The predicted octanol–water partition coefficient (Wildman–Crippen LogP) is 7.22.